The fraction of sp³-hybridized carbons (Fsp3) is 0.353. The third-order valence-electron chi connectivity index (χ3n) is 3.51. The molecule has 120 valence electrons. The molecular formula is C17H19ClN4O. The zero-order valence-corrected chi connectivity index (χ0v) is 14.4. The van der Waals surface area contributed by atoms with Gasteiger partial charge in [0.1, 0.15) is 10.7 Å². The minimum Gasteiger partial charge on any atom is -0.296 e. The quantitative estimate of drug-likeness (QED) is 0.859. The zero-order valence-electron chi connectivity index (χ0n) is 13.6. The fourth-order valence-corrected chi connectivity index (χ4v) is 2.71. The Balaban J connectivity index is 2.06. The van der Waals surface area contributed by atoms with Crippen LogP contribution >= 0.6 is 11.6 Å². The standard InChI is InChI=1S/C17H19ClN4O/c1-10-8-12(18)19-15-14(10)21-16(22(15)11-6-5-7-11)20-13(23)9-17(2,3)4/h5-8H,9H2,1-4H3,(H,20,21,23). The van der Waals surface area contributed by atoms with Crippen LogP contribution in [0.5, 0.6) is 0 Å². The van der Waals surface area contributed by atoms with Gasteiger partial charge in [0.05, 0.1) is 5.70 Å². The van der Waals surface area contributed by atoms with Crippen molar-refractivity contribution >= 4 is 40.3 Å². The number of rotatable bonds is 3. The number of nitrogens with zero attached hydrogens (tertiary/aromatic N) is 3. The molecule has 0 spiro atoms. The van der Waals surface area contributed by atoms with Crippen LogP contribution < -0.4 is 5.32 Å². The maximum Gasteiger partial charge on any atom is 0.227 e. The first kappa shape index (κ1) is 15.7. The van der Waals surface area contributed by atoms with E-state index in [-0.39, 0.29) is 11.3 Å². The molecule has 1 amide bonds. The van der Waals surface area contributed by atoms with E-state index in [1.807, 2.05) is 50.5 Å². The third kappa shape index (κ3) is 3.15. The first-order chi connectivity index (χ1) is 10.7. The lowest BCUT2D eigenvalue weighted by atomic mass is 9.92. The molecule has 1 aliphatic carbocycles. The number of halogens is 1. The third-order valence-corrected chi connectivity index (χ3v) is 3.70. The predicted molar refractivity (Wildman–Crippen MR) is 93.4 cm³/mol. The number of hydrogen-bond donors (Lipinski definition) is 1. The molecule has 0 atom stereocenters. The molecular weight excluding hydrogens is 312 g/mol. The summed E-state index contributed by atoms with van der Waals surface area (Å²) in [5.74, 6) is 0.407. The Labute approximate surface area is 140 Å². The maximum absolute atomic E-state index is 12.3. The topological polar surface area (TPSA) is 59.8 Å². The van der Waals surface area contributed by atoms with Gasteiger partial charge < -0.3 is 0 Å². The summed E-state index contributed by atoms with van der Waals surface area (Å²) >= 11 is 6.09. The van der Waals surface area contributed by atoms with Crippen molar-refractivity contribution in [2.75, 3.05) is 5.32 Å². The predicted octanol–water partition coefficient (Wildman–Crippen LogP) is 4.18. The van der Waals surface area contributed by atoms with Crippen molar-refractivity contribution in [2.24, 2.45) is 5.41 Å². The Bertz CT molecular complexity index is 856. The van der Waals surface area contributed by atoms with Crippen molar-refractivity contribution in [3.05, 3.63) is 35.0 Å². The van der Waals surface area contributed by atoms with Gasteiger partial charge in [-0.2, -0.15) is 0 Å². The molecule has 0 aliphatic heterocycles. The monoisotopic (exact) mass is 330 g/mol. The van der Waals surface area contributed by atoms with Crippen LogP contribution in [0, 0.1) is 12.3 Å². The van der Waals surface area contributed by atoms with Crippen molar-refractivity contribution in [3.8, 4) is 0 Å². The van der Waals surface area contributed by atoms with Gasteiger partial charge in [-0.15, -0.1) is 0 Å². The highest BCUT2D eigenvalue weighted by Crippen LogP contribution is 2.30. The minimum absolute atomic E-state index is 0.0679. The van der Waals surface area contributed by atoms with E-state index in [2.05, 4.69) is 15.3 Å². The van der Waals surface area contributed by atoms with Crippen LogP contribution in [-0.2, 0) is 4.79 Å². The smallest absolute Gasteiger partial charge is 0.227 e. The van der Waals surface area contributed by atoms with Gasteiger partial charge in [0, 0.05) is 6.42 Å². The molecule has 0 unspecified atom stereocenters. The van der Waals surface area contributed by atoms with E-state index < -0.39 is 0 Å². The lowest BCUT2D eigenvalue weighted by Gasteiger charge is -2.18. The van der Waals surface area contributed by atoms with Crippen LogP contribution in [0.25, 0.3) is 16.9 Å². The number of fused-ring (bicyclic) bond motifs is 1. The Morgan fingerprint density at radius 2 is 2.04 bits per heavy atom. The van der Waals surface area contributed by atoms with Gasteiger partial charge in [-0.3, -0.25) is 14.7 Å². The number of allylic oxidation sites excluding steroid dienone is 4. The fourth-order valence-electron chi connectivity index (χ4n) is 2.47. The molecule has 1 N–H and O–H groups in total. The highest BCUT2D eigenvalue weighted by Gasteiger charge is 2.22. The van der Waals surface area contributed by atoms with Gasteiger partial charge in [-0.25, -0.2) is 9.97 Å². The van der Waals surface area contributed by atoms with E-state index in [0.717, 1.165) is 16.8 Å². The number of imidazole rings is 1. The summed E-state index contributed by atoms with van der Waals surface area (Å²) in [4.78, 5) is 21.2. The molecule has 3 rings (SSSR count). The van der Waals surface area contributed by atoms with E-state index in [1.165, 1.54) is 0 Å². The molecule has 2 heterocycles. The lowest BCUT2D eigenvalue weighted by molar-refractivity contribution is -0.117. The average Bonchev–Trinajstić information content (AvgIpc) is 2.64. The number of anilines is 1. The number of aromatic nitrogens is 3. The van der Waals surface area contributed by atoms with Crippen molar-refractivity contribution < 1.29 is 4.79 Å². The van der Waals surface area contributed by atoms with Crippen LogP contribution in [0.4, 0.5) is 5.95 Å². The molecule has 0 saturated heterocycles. The summed E-state index contributed by atoms with van der Waals surface area (Å²) < 4.78 is 1.83. The second-order valence-electron chi connectivity index (χ2n) is 6.94. The molecule has 2 aromatic rings. The van der Waals surface area contributed by atoms with E-state index in [9.17, 15) is 4.79 Å². The lowest BCUT2D eigenvalue weighted by Crippen LogP contribution is -2.21. The Kier molecular flexibility index (Phi) is 3.76. The van der Waals surface area contributed by atoms with Crippen LogP contribution in [0.2, 0.25) is 5.15 Å². The maximum atomic E-state index is 12.3. The van der Waals surface area contributed by atoms with Crippen LogP contribution in [0.15, 0.2) is 24.3 Å². The molecule has 1 aliphatic rings. The van der Waals surface area contributed by atoms with Crippen LogP contribution in [-0.4, -0.2) is 20.4 Å². The molecule has 0 saturated carbocycles. The van der Waals surface area contributed by atoms with Crippen molar-refractivity contribution in [2.45, 2.75) is 34.1 Å². The van der Waals surface area contributed by atoms with Crippen molar-refractivity contribution in [1.82, 2.24) is 14.5 Å². The molecule has 6 heteroatoms. The molecule has 2 aromatic heterocycles. The number of carbonyl (C=O) groups excluding carboxylic acids is 1. The first-order valence-electron chi connectivity index (χ1n) is 7.49. The highest BCUT2D eigenvalue weighted by atomic mass is 35.5. The molecule has 0 radical (unpaired) electrons. The second-order valence-corrected chi connectivity index (χ2v) is 7.33. The van der Waals surface area contributed by atoms with Crippen molar-refractivity contribution in [1.29, 1.82) is 0 Å². The van der Waals surface area contributed by atoms with Gasteiger partial charge in [0.25, 0.3) is 0 Å². The summed E-state index contributed by atoms with van der Waals surface area (Å²) in [5, 5.41) is 3.32. The molecule has 0 bridgehead atoms. The molecule has 0 fully saturated rings. The summed E-state index contributed by atoms with van der Waals surface area (Å²) in [6.07, 6.45) is 6.23. The van der Waals surface area contributed by atoms with Crippen LogP contribution in [0.1, 0.15) is 32.8 Å². The molecule has 23 heavy (non-hydrogen) atoms. The number of pyridine rings is 1. The first-order valence-corrected chi connectivity index (χ1v) is 7.86. The second kappa shape index (κ2) is 5.49. The summed E-state index contributed by atoms with van der Waals surface area (Å²) in [6.45, 7) is 8.01. The number of amides is 1. The van der Waals surface area contributed by atoms with Gasteiger partial charge in [0.2, 0.25) is 11.9 Å². The Morgan fingerprint density at radius 1 is 1.35 bits per heavy atom. The van der Waals surface area contributed by atoms with E-state index in [1.54, 1.807) is 6.07 Å². The number of hydrogen-bond acceptors (Lipinski definition) is 3. The normalized spacial score (nSPS) is 13.9. The number of nitrogens with one attached hydrogen (secondary N) is 1. The largest absolute Gasteiger partial charge is 0.296 e. The summed E-state index contributed by atoms with van der Waals surface area (Å²) in [7, 11) is 0. The number of aryl methyl sites for hydroxylation is 1. The van der Waals surface area contributed by atoms with Crippen molar-refractivity contribution in [3.63, 3.8) is 0 Å². The summed E-state index contributed by atoms with van der Waals surface area (Å²) in [6, 6.07) is 1.77. The van der Waals surface area contributed by atoms with E-state index in [0.29, 0.717) is 23.2 Å². The minimum atomic E-state index is -0.0892. The van der Waals surface area contributed by atoms with E-state index >= 15 is 0 Å². The Morgan fingerprint density at radius 3 is 2.61 bits per heavy atom. The van der Waals surface area contributed by atoms with Gasteiger partial charge in [-0.1, -0.05) is 38.4 Å². The van der Waals surface area contributed by atoms with Gasteiger partial charge in [0.15, 0.2) is 5.65 Å². The van der Waals surface area contributed by atoms with Gasteiger partial charge in [-0.05, 0) is 36.1 Å². The average molecular weight is 331 g/mol. The molecule has 5 nitrogen and oxygen atoms in total. The SMILES string of the molecule is Cc1cc(Cl)nc2c1nc(NC(=O)CC(C)(C)C)n2C1=CC=C1. The number of carbonyl (C=O) groups is 1. The Hall–Kier alpha value is -2.14. The van der Waals surface area contributed by atoms with Crippen LogP contribution in [0.3, 0.4) is 0 Å². The van der Waals surface area contributed by atoms with E-state index in [4.69, 9.17) is 11.6 Å². The summed E-state index contributed by atoms with van der Waals surface area (Å²) in [5.41, 5.74) is 3.15. The zero-order chi connectivity index (χ0) is 16.8. The van der Waals surface area contributed by atoms with Gasteiger partial charge >= 0.3 is 0 Å². The highest BCUT2D eigenvalue weighted by molar-refractivity contribution is 6.29. The molecule has 0 aromatic carbocycles.